The minimum absolute atomic E-state index is 0.139. The lowest BCUT2D eigenvalue weighted by atomic mass is 9.97. The predicted molar refractivity (Wildman–Crippen MR) is 190 cm³/mol. The highest BCUT2D eigenvalue weighted by molar-refractivity contribution is 5.99. The van der Waals surface area contributed by atoms with Crippen LogP contribution < -0.4 is 43.4 Å². The molecule has 0 spiro atoms. The molecular weight excluding hydrogens is 784 g/mol. The van der Waals surface area contributed by atoms with E-state index in [1.165, 1.54) is 6.92 Å². The van der Waals surface area contributed by atoms with Gasteiger partial charge in [-0.15, -0.1) is 0 Å². The van der Waals surface area contributed by atoms with Crippen LogP contribution in [0.3, 0.4) is 0 Å². The highest BCUT2D eigenvalue weighted by Crippen LogP contribution is 2.11. The van der Waals surface area contributed by atoms with Crippen LogP contribution in [0.5, 0.6) is 0 Å². The summed E-state index contributed by atoms with van der Waals surface area (Å²) in [5.41, 5.74) is 10.9. The predicted octanol–water partition coefficient (Wildman–Crippen LogP) is -5.71. The van der Waals surface area contributed by atoms with Crippen molar-refractivity contribution >= 4 is 71.2 Å². The Balaban J connectivity index is 6.47. The Morgan fingerprint density at radius 1 is 0.500 bits per heavy atom. The van der Waals surface area contributed by atoms with Crippen LogP contribution in [-0.4, -0.2) is 151 Å². The lowest BCUT2D eigenvalue weighted by Gasteiger charge is -2.29. The van der Waals surface area contributed by atoms with E-state index in [9.17, 15) is 72.9 Å². The Labute approximate surface area is 329 Å². The van der Waals surface area contributed by atoms with Crippen molar-refractivity contribution < 1.29 is 88.2 Å². The minimum atomic E-state index is -1.94. The second kappa shape index (κ2) is 25.7. The topological polar surface area (TPSA) is 450 Å². The Hall–Kier alpha value is -6.44. The van der Waals surface area contributed by atoms with Crippen molar-refractivity contribution in [3.63, 3.8) is 0 Å². The molecule has 0 radical (unpaired) electrons. The van der Waals surface area contributed by atoms with E-state index < -0.39 is 171 Å². The Morgan fingerprint density at radius 3 is 1.29 bits per heavy atom. The number of carbonyl (C=O) groups excluding carboxylic acids is 7. The first-order valence-electron chi connectivity index (χ1n) is 17.5. The number of nitrogens with two attached hydrogens (primary N) is 2. The fraction of sp³-hybridized carbons (Fsp3) is 0.625. The van der Waals surface area contributed by atoms with Crippen LogP contribution in [-0.2, 0) is 57.5 Å². The number of rotatable bonds is 29. The van der Waals surface area contributed by atoms with Crippen LogP contribution >= 0.6 is 0 Å². The first-order chi connectivity index (χ1) is 26.9. The van der Waals surface area contributed by atoms with Gasteiger partial charge >= 0.3 is 29.8 Å². The van der Waals surface area contributed by atoms with Gasteiger partial charge in [-0.25, -0.2) is 4.79 Å². The van der Waals surface area contributed by atoms with Crippen LogP contribution in [0.25, 0.3) is 0 Å². The Kier molecular flexibility index (Phi) is 22.8. The normalized spacial score (nSPS) is 14.9. The zero-order valence-corrected chi connectivity index (χ0v) is 31.4. The molecule has 0 aliphatic heterocycles. The number of aliphatic hydroxyl groups is 1. The number of amides is 7. The summed E-state index contributed by atoms with van der Waals surface area (Å²) in [6.45, 7) is 1.90. The number of aliphatic hydroxyl groups excluding tert-OH is 1. The summed E-state index contributed by atoms with van der Waals surface area (Å²) in [6.07, 6.45) is -5.59. The molecule has 326 valence electrons. The van der Waals surface area contributed by atoms with Gasteiger partial charge in [0.25, 0.3) is 0 Å². The number of carboxylic acids is 5. The van der Waals surface area contributed by atoms with Crippen molar-refractivity contribution in [2.75, 3.05) is 6.61 Å². The summed E-state index contributed by atoms with van der Waals surface area (Å²) in [5, 5.41) is 67.5. The molecule has 0 aromatic rings. The van der Waals surface area contributed by atoms with Crippen LogP contribution in [0.1, 0.15) is 71.6 Å². The molecular formula is C32H50N8O18. The molecule has 16 N–H and O–H groups in total. The van der Waals surface area contributed by atoms with Crippen LogP contribution in [0.2, 0.25) is 0 Å². The summed E-state index contributed by atoms with van der Waals surface area (Å²) in [6, 6.07) is -12.4. The molecule has 0 aliphatic rings. The van der Waals surface area contributed by atoms with E-state index in [4.69, 9.17) is 26.8 Å². The molecule has 0 saturated carbocycles. The SMILES string of the molecule is CC[C@H](C)[C@H](NC(=O)[C@H](CC(N)=O)NC(=O)[C@H](CCC(=O)O)NC(=O)[C@H](CCC(=O)O)NC(=O)[C@@H](N)CCC(=O)O)C(=O)N[C@@H](CC(=O)O)C(=O)N[C@@H](CO)C(=O)O. The van der Waals surface area contributed by atoms with Gasteiger partial charge in [0.05, 0.1) is 25.5 Å². The third-order valence-corrected chi connectivity index (χ3v) is 8.21. The third-order valence-electron chi connectivity index (χ3n) is 8.21. The summed E-state index contributed by atoms with van der Waals surface area (Å²) < 4.78 is 0. The maximum absolute atomic E-state index is 13.5. The van der Waals surface area contributed by atoms with Gasteiger partial charge in [0.2, 0.25) is 41.4 Å². The van der Waals surface area contributed by atoms with Crippen molar-refractivity contribution in [1.29, 1.82) is 0 Å². The largest absolute Gasteiger partial charge is 0.481 e. The smallest absolute Gasteiger partial charge is 0.328 e. The number of primary amides is 1. The minimum Gasteiger partial charge on any atom is -0.481 e. The molecule has 8 atom stereocenters. The van der Waals surface area contributed by atoms with Crippen LogP contribution in [0, 0.1) is 5.92 Å². The lowest BCUT2D eigenvalue weighted by Crippen LogP contribution is -2.61. The Bertz CT molecular complexity index is 1560. The number of aliphatic carboxylic acids is 5. The van der Waals surface area contributed by atoms with Crippen molar-refractivity contribution in [2.24, 2.45) is 17.4 Å². The maximum atomic E-state index is 13.5. The molecule has 26 nitrogen and oxygen atoms in total. The number of carboxylic acid groups (broad SMARTS) is 5. The van der Waals surface area contributed by atoms with Crippen molar-refractivity contribution in [3.8, 4) is 0 Å². The zero-order chi connectivity index (χ0) is 44.9. The highest BCUT2D eigenvalue weighted by Gasteiger charge is 2.36. The number of hydrogen-bond donors (Lipinski definition) is 14. The first kappa shape index (κ1) is 51.6. The summed E-state index contributed by atoms with van der Waals surface area (Å²) in [4.78, 5) is 147. The second-order valence-corrected chi connectivity index (χ2v) is 12.9. The van der Waals surface area contributed by atoms with Gasteiger partial charge in [0.15, 0.2) is 0 Å². The second-order valence-electron chi connectivity index (χ2n) is 12.9. The molecule has 0 aromatic carbocycles. The van der Waals surface area contributed by atoms with Crippen LogP contribution in [0.4, 0.5) is 0 Å². The monoisotopic (exact) mass is 834 g/mol. The molecule has 0 saturated heterocycles. The Morgan fingerprint density at radius 2 is 0.879 bits per heavy atom. The third kappa shape index (κ3) is 19.9. The molecule has 0 aromatic heterocycles. The molecule has 0 aliphatic carbocycles. The molecule has 0 bridgehead atoms. The van der Waals surface area contributed by atoms with Gasteiger partial charge in [0.1, 0.15) is 36.3 Å². The van der Waals surface area contributed by atoms with Crippen LogP contribution in [0.15, 0.2) is 0 Å². The molecule has 58 heavy (non-hydrogen) atoms. The fourth-order valence-electron chi connectivity index (χ4n) is 4.78. The summed E-state index contributed by atoms with van der Waals surface area (Å²) >= 11 is 0. The van der Waals surface area contributed by atoms with Gasteiger partial charge in [0, 0.05) is 19.3 Å². The van der Waals surface area contributed by atoms with Gasteiger partial charge in [-0.05, 0) is 25.2 Å². The van der Waals surface area contributed by atoms with E-state index >= 15 is 0 Å². The van der Waals surface area contributed by atoms with E-state index in [0.717, 1.165) is 0 Å². The summed E-state index contributed by atoms with van der Waals surface area (Å²) in [5.74, 6) is -16.9. The van der Waals surface area contributed by atoms with Gasteiger partial charge in [-0.2, -0.15) is 0 Å². The van der Waals surface area contributed by atoms with E-state index in [0.29, 0.717) is 0 Å². The number of hydrogen-bond acceptors (Lipinski definition) is 14. The van der Waals surface area contributed by atoms with Gasteiger partial charge < -0.3 is 74.0 Å². The van der Waals surface area contributed by atoms with E-state index in [1.807, 2.05) is 5.32 Å². The standard InChI is InChI=1S/C32H50N8O18/c1-3-13(2)25(31(56)38-18(11-24(49)50)29(54)39-19(12-41)32(57)58)40-30(55)17(10-20(34)42)37-28(53)16(6-9-23(47)48)36-27(52)15(5-8-22(45)46)35-26(51)14(33)4-7-21(43)44/h13-19,25,41H,3-12,33H2,1-2H3,(H2,34,42)(H,35,51)(H,36,52)(H,37,53)(H,38,56)(H,39,54)(H,40,55)(H,43,44)(H,45,46)(H,47,48)(H,49,50)(H,57,58)/t13-,14-,15-,16-,17-,18-,19-,25-/m0/s1. The van der Waals surface area contributed by atoms with E-state index in [1.54, 1.807) is 6.92 Å². The molecule has 7 amide bonds. The first-order valence-corrected chi connectivity index (χ1v) is 17.5. The lowest BCUT2D eigenvalue weighted by molar-refractivity contribution is -0.144. The molecule has 0 unspecified atom stereocenters. The van der Waals surface area contributed by atoms with E-state index in [2.05, 4.69) is 26.6 Å². The highest BCUT2D eigenvalue weighted by atomic mass is 16.4. The summed E-state index contributed by atoms with van der Waals surface area (Å²) in [7, 11) is 0. The number of carbonyl (C=O) groups is 12. The zero-order valence-electron chi connectivity index (χ0n) is 31.4. The average Bonchev–Trinajstić information content (AvgIpc) is 3.12. The van der Waals surface area contributed by atoms with Gasteiger partial charge in [-0.1, -0.05) is 20.3 Å². The quantitative estimate of drug-likeness (QED) is 0.0334. The van der Waals surface area contributed by atoms with Crippen molar-refractivity contribution in [3.05, 3.63) is 0 Å². The molecule has 0 fully saturated rings. The molecule has 26 heteroatoms. The maximum Gasteiger partial charge on any atom is 0.328 e. The van der Waals surface area contributed by atoms with Gasteiger partial charge in [-0.3, -0.25) is 52.7 Å². The molecule has 0 rings (SSSR count). The van der Waals surface area contributed by atoms with Crippen molar-refractivity contribution in [2.45, 2.75) is 114 Å². The number of nitrogens with one attached hydrogen (secondary N) is 6. The molecule has 0 heterocycles. The van der Waals surface area contributed by atoms with Crippen molar-refractivity contribution in [1.82, 2.24) is 31.9 Å². The fourth-order valence-corrected chi connectivity index (χ4v) is 4.78. The van der Waals surface area contributed by atoms with E-state index in [-0.39, 0.29) is 12.8 Å². The average molecular weight is 835 g/mol.